The van der Waals surface area contributed by atoms with Crippen molar-refractivity contribution in [2.45, 2.75) is 19.6 Å². The molecule has 1 atom stereocenters. The average molecular weight is 235 g/mol. The standard InChI is InChI=1S/C10H17N3Si2/c1-14(2)9-4-6-10(7-5-9)15(3)8-12-13-11/h4-7,14-15H,8H2,1-3H3. The Balaban J connectivity index is 2.74. The molecule has 0 heterocycles. The summed E-state index contributed by atoms with van der Waals surface area (Å²) in [6.45, 7) is 6.88. The Labute approximate surface area is 94.0 Å². The van der Waals surface area contributed by atoms with Gasteiger partial charge in [-0.3, -0.25) is 0 Å². The number of hydrogen-bond acceptors (Lipinski definition) is 1. The van der Waals surface area contributed by atoms with Gasteiger partial charge in [0.2, 0.25) is 0 Å². The lowest BCUT2D eigenvalue weighted by molar-refractivity contribution is 1.29. The fourth-order valence-corrected chi connectivity index (χ4v) is 3.81. The molecular weight excluding hydrogens is 218 g/mol. The van der Waals surface area contributed by atoms with E-state index >= 15 is 0 Å². The smallest absolute Gasteiger partial charge is 0.0742 e. The first-order chi connectivity index (χ1) is 7.15. The molecule has 0 aromatic heterocycles. The zero-order valence-corrected chi connectivity index (χ0v) is 11.8. The molecule has 0 aliphatic heterocycles. The van der Waals surface area contributed by atoms with Gasteiger partial charge < -0.3 is 0 Å². The highest BCUT2D eigenvalue weighted by molar-refractivity contribution is 6.73. The molecule has 3 nitrogen and oxygen atoms in total. The first kappa shape index (κ1) is 12.0. The van der Waals surface area contributed by atoms with Crippen LogP contribution in [0, 0.1) is 0 Å². The fraction of sp³-hybridized carbons (Fsp3) is 0.400. The lowest BCUT2D eigenvalue weighted by Gasteiger charge is -2.09. The Morgan fingerprint density at radius 2 is 1.67 bits per heavy atom. The molecule has 0 saturated heterocycles. The summed E-state index contributed by atoms with van der Waals surface area (Å²) in [6.07, 6.45) is 0.676. The van der Waals surface area contributed by atoms with Crippen molar-refractivity contribution >= 4 is 28.0 Å². The van der Waals surface area contributed by atoms with Gasteiger partial charge in [-0.25, -0.2) is 0 Å². The van der Waals surface area contributed by atoms with Gasteiger partial charge in [0.1, 0.15) is 0 Å². The van der Waals surface area contributed by atoms with E-state index in [1.54, 1.807) is 0 Å². The largest absolute Gasteiger partial charge is 0.0968 e. The monoisotopic (exact) mass is 235 g/mol. The topological polar surface area (TPSA) is 48.8 Å². The van der Waals surface area contributed by atoms with Gasteiger partial charge in [0.15, 0.2) is 0 Å². The maximum absolute atomic E-state index is 8.27. The van der Waals surface area contributed by atoms with Gasteiger partial charge in [-0.05, 0) is 5.53 Å². The number of nitrogens with zero attached hydrogens (tertiary/aromatic N) is 3. The molecule has 0 fully saturated rings. The average Bonchev–Trinajstić information content (AvgIpc) is 2.26. The van der Waals surface area contributed by atoms with Gasteiger partial charge >= 0.3 is 0 Å². The summed E-state index contributed by atoms with van der Waals surface area (Å²) in [4.78, 5) is 2.81. The zero-order chi connectivity index (χ0) is 11.3. The van der Waals surface area contributed by atoms with Crippen molar-refractivity contribution in [3.05, 3.63) is 34.7 Å². The quantitative estimate of drug-likeness (QED) is 0.327. The molecule has 1 rings (SSSR count). The summed E-state index contributed by atoms with van der Waals surface area (Å²) < 4.78 is 0. The second-order valence-corrected chi connectivity index (χ2v) is 9.95. The molecular formula is C10H17N3Si2. The van der Waals surface area contributed by atoms with E-state index in [9.17, 15) is 0 Å². The Hall–Kier alpha value is -1.04. The molecule has 0 aliphatic rings. The van der Waals surface area contributed by atoms with E-state index in [1.807, 2.05) is 0 Å². The van der Waals surface area contributed by atoms with E-state index < -0.39 is 17.6 Å². The second kappa shape index (κ2) is 5.75. The first-order valence-corrected chi connectivity index (χ1v) is 10.7. The minimum Gasteiger partial charge on any atom is -0.0968 e. The van der Waals surface area contributed by atoms with Gasteiger partial charge in [0.25, 0.3) is 0 Å². The van der Waals surface area contributed by atoms with E-state index in [0.29, 0.717) is 6.17 Å². The molecule has 0 saturated carbocycles. The zero-order valence-electron chi connectivity index (χ0n) is 9.51. The molecule has 5 heteroatoms. The SMILES string of the molecule is C[SiH](C)c1ccc([SiH](C)CN=[N+]=[N-])cc1. The van der Waals surface area contributed by atoms with E-state index in [0.717, 1.165) is 0 Å². The van der Waals surface area contributed by atoms with E-state index in [-0.39, 0.29) is 0 Å². The van der Waals surface area contributed by atoms with Gasteiger partial charge in [0.05, 0.1) is 17.6 Å². The molecule has 0 spiro atoms. The minimum atomic E-state index is -1.04. The van der Waals surface area contributed by atoms with E-state index in [4.69, 9.17) is 5.53 Å². The van der Waals surface area contributed by atoms with Gasteiger partial charge in [-0.2, -0.15) is 0 Å². The van der Waals surface area contributed by atoms with Crippen LogP contribution in [0.2, 0.25) is 19.6 Å². The number of rotatable bonds is 4. The Kier molecular flexibility index (Phi) is 4.61. The summed E-state index contributed by atoms with van der Waals surface area (Å²) >= 11 is 0. The lowest BCUT2D eigenvalue weighted by atomic mass is 10.4. The molecule has 0 bridgehead atoms. The highest BCUT2D eigenvalue weighted by Crippen LogP contribution is 1.91. The highest BCUT2D eigenvalue weighted by atomic mass is 28.3. The third-order valence-corrected chi connectivity index (χ3v) is 6.54. The van der Waals surface area contributed by atoms with Crippen LogP contribution < -0.4 is 10.4 Å². The van der Waals surface area contributed by atoms with Crippen LogP contribution in [0.1, 0.15) is 0 Å². The van der Waals surface area contributed by atoms with Crippen molar-refractivity contribution in [2.24, 2.45) is 5.11 Å². The summed E-state index contributed by atoms with van der Waals surface area (Å²) in [5.41, 5.74) is 8.27. The second-order valence-electron chi connectivity index (χ2n) is 4.14. The number of azide groups is 1. The van der Waals surface area contributed by atoms with E-state index in [2.05, 4.69) is 53.9 Å². The van der Waals surface area contributed by atoms with Crippen molar-refractivity contribution in [1.82, 2.24) is 0 Å². The molecule has 80 valence electrons. The predicted octanol–water partition coefficient (Wildman–Crippen LogP) is 1.29. The fourth-order valence-electron chi connectivity index (χ4n) is 1.47. The lowest BCUT2D eigenvalue weighted by Crippen LogP contribution is -2.32. The molecule has 1 aromatic rings. The third-order valence-electron chi connectivity index (χ3n) is 2.59. The summed E-state index contributed by atoms with van der Waals surface area (Å²) in [5, 5.41) is 6.55. The Morgan fingerprint density at radius 1 is 1.13 bits per heavy atom. The minimum absolute atomic E-state index is 0.670. The van der Waals surface area contributed by atoms with Gasteiger partial charge in [-0.15, -0.1) is 0 Å². The van der Waals surface area contributed by atoms with Crippen molar-refractivity contribution in [3.8, 4) is 0 Å². The normalized spacial score (nSPS) is 12.3. The number of benzene rings is 1. The van der Waals surface area contributed by atoms with E-state index in [1.165, 1.54) is 10.4 Å². The molecule has 0 N–H and O–H groups in total. The summed E-state index contributed by atoms with van der Waals surface area (Å²) in [6, 6.07) is 8.91. The van der Waals surface area contributed by atoms with Crippen LogP contribution in [0.25, 0.3) is 10.4 Å². The molecule has 0 amide bonds. The molecule has 15 heavy (non-hydrogen) atoms. The highest BCUT2D eigenvalue weighted by Gasteiger charge is 2.06. The van der Waals surface area contributed by atoms with Crippen molar-refractivity contribution in [1.29, 1.82) is 0 Å². The maximum Gasteiger partial charge on any atom is 0.0742 e. The molecule has 0 aliphatic carbocycles. The van der Waals surface area contributed by atoms with Crippen molar-refractivity contribution < 1.29 is 0 Å². The Morgan fingerprint density at radius 3 is 2.13 bits per heavy atom. The summed E-state index contributed by atoms with van der Waals surface area (Å²) in [5.74, 6) is 0. The van der Waals surface area contributed by atoms with Crippen LogP contribution >= 0.6 is 0 Å². The third kappa shape index (κ3) is 3.55. The van der Waals surface area contributed by atoms with Gasteiger partial charge in [0, 0.05) is 11.1 Å². The maximum atomic E-state index is 8.27. The van der Waals surface area contributed by atoms with Crippen molar-refractivity contribution in [2.75, 3.05) is 6.17 Å². The molecule has 1 aromatic carbocycles. The van der Waals surface area contributed by atoms with Crippen LogP contribution in [-0.2, 0) is 0 Å². The summed E-state index contributed by atoms with van der Waals surface area (Å²) in [7, 11) is -1.70. The Bertz CT molecular complexity index is 355. The van der Waals surface area contributed by atoms with Crippen LogP contribution in [0.5, 0.6) is 0 Å². The van der Waals surface area contributed by atoms with Gasteiger partial charge in [-0.1, -0.05) is 59.4 Å². The van der Waals surface area contributed by atoms with Crippen molar-refractivity contribution in [3.63, 3.8) is 0 Å². The van der Waals surface area contributed by atoms with Crippen LogP contribution in [0.4, 0.5) is 0 Å². The first-order valence-electron chi connectivity index (χ1n) is 5.26. The predicted molar refractivity (Wildman–Crippen MR) is 71.6 cm³/mol. The van der Waals surface area contributed by atoms with Crippen LogP contribution in [0.15, 0.2) is 29.4 Å². The van der Waals surface area contributed by atoms with Crippen LogP contribution in [-0.4, -0.2) is 23.8 Å². The number of hydrogen-bond donors (Lipinski definition) is 0. The molecule has 1 unspecified atom stereocenters. The molecule has 0 radical (unpaired) electrons. The van der Waals surface area contributed by atoms with Crippen LogP contribution in [0.3, 0.4) is 0 Å².